The van der Waals surface area contributed by atoms with Crippen molar-refractivity contribution < 1.29 is 92.2 Å². The molecule has 32 heavy (non-hydrogen) atoms. The van der Waals surface area contributed by atoms with Gasteiger partial charge >= 0.3 is 53.7 Å². The number of allylic oxidation sites excluding steroid dienone is 1. The first-order chi connectivity index (χ1) is 13.5. The largest absolute Gasteiger partial charge is 0.435 e. The average molecular weight is 532 g/mol. The molecular weight excluding hydrogens is 531 g/mol. The van der Waals surface area contributed by atoms with Crippen molar-refractivity contribution in [1.82, 2.24) is 0 Å². The number of halogens is 21. The first kappa shape index (κ1) is 30.3. The maximum Gasteiger partial charge on any atom is 0.435 e. The van der Waals surface area contributed by atoms with Gasteiger partial charge in [0, 0.05) is 0 Å². The highest BCUT2D eigenvalue weighted by atomic mass is 19.4. The summed E-state index contributed by atoms with van der Waals surface area (Å²) in [6, 6.07) is 0. The lowest BCUT2D eigenvalue weighted by molar-refractivity contribution is -0.439. The fourth-order valence-electron chi connectivity index (χ4n) is 1.76. The molecule has 0 saturated carbocycles. The van der Waals surface area contributed by atoms with Gasteiger partial charge in [-0.05, 0) is 0 Å². The van der Waals surface area contributed by atoms with E-state index in [0.29, 0.717) is 0 Å². The van der Waals surface area contributed by atoms with Gasteiger partial charge in [-0.25, -0.2) is 13.2 Å². The smallest absolute Gasteiger partial charge is 0.230 e. The Bertz CT molecular complexity index is 717. The summed E-state index contributed by atoms with van der Waals surface area (Å²) in [4.78, 5) is 0. The Labute approximate surface area is 159 Å². The van der Waals surface area contributed by atoms with E-state index >= 15 is 0 Å². The summed E-state index contributed by atoms with van der Waals surface area (Å²) in [5.41, 5.74) is -8.32. The van der Waals surface area contributed by atoms with E-state index in [9.17, 15) is 92.2 Å². The second-order valence-electron chi connectivity index (χ2n) is 5.56. The first-order valence-electron chi connectivity index (χ1n) is 6.58. The Morgan fingerprint density at radius 3 is 1.03 bits per heavy atom. The van der Waals surface area contributed by atoms with Crippen LogP contribution in [0.25, 0.3) is 0 Å². The molecule has 0 amide bonds. The van der Waals surface area contributed by atoms with Crippen molar-refractivity contribution in [3.8, 4) is 0 Å². The molecule has 0 nitrogen and oxygen atoms in total. The second kappa shape index (κ2) is 7.66. The Morgan fingerprint density at radius 2 is 0.781 bits per heavy atom. The third-order valence-electron chi connectivity index (χ3n) is 3.50. The zero-order valence-corrected chi connectivity index (χ0v) is 13.5. The number of hydrogen-bond acceptors (Lipinski definition) is 0. The summed E-state index contributed by atoms with van der Waals surface area (Å²) in [5.74, 6) is -49.1. The molecule has 0 spiro atoms. The molecule has 0 heterocycles. The van der Waals surface area contributed by atoms with Crippen LogP contribution < -0.4 is 0 Å². The van der Waals surface area contributed by atoms with Crippen molar-refractivity contribution in [1.29, 1.82) is 0 Å². The Kier molecular flexibility index (Phi) is 7.24. The zero-order chi connectivity index (χ0) is 26.7. The molecule has 0 N–H and O–H groups in total. The van der Waals surface area contributed by atoms with Gasteiger partial charge in [0.05, 0.1) is 0 Å². The molecule has 0 aliphatic rings. The lowest BCUT2D eigenvalue weighted by Gasteiger charge is -2.43. The highest BCUT2D eigenvalue weighted by Gasteiger charge is 2.94. The maximum atomic E-state index is 13.5. The molecule has 0 aliphatic heterocycles. The maximum absolute atomic E-state index is 13.5. The molecular formula is C11HF21. The molecule has 0 aromatic rings. The summed E-state index contributed by atoms with van der Waals surface area (Å²) in [5, 5.41) is 0. The van der Waals surface area contributed by atoms with Crippen molar-refractivity contribution >= 4 is 0 Å². The van der Waals surface area contributed by atoms with Gasteiger partial charge in [-0.2, -0.15) is 79.0 Å². The molecule has 0 aliphatic carbocycles. The number of alkyl halides is 18. The van der Waals surface area contributed by atoms with Gasteiger partial charge in [0.2, 0.25) is 5.83 Å². The van der Waals surface area contributed by atoms with Gasteiger partial charge in [-0.1, -0.05) is 0 Å². The van der Waals surface area contributed by atoms with Crippen molar-refractivity contribution in [2.45, 2.75) is 53.8 Å². The molecule has 0 rings (SSSR count). The minimum absolute atomic E-state index is 4.90. The summed E-state index contributed by atoms with van der Waals surface area (Å²) < 4.78 is 267. The zero-order valence-electron chi connectivity index (χ0n) is 13.5. The number of rotatable bonds is 7. The lowest BCUT2D eigenvalue weighted by Crippen LogP contribution is -2.75. The molecule has 0 radical (unpaired) electrons. The fraction of sp³-hybridized carbons (Fsp3) is 0.818. The molecule has 0 aromatic carbocycles. The lowest BCUT2D eigenvalue weighted by atomic mass is 9.83. The number of hydrogen-bond donors (Lipinski definition) is 0. The molecule has 2 unspecified atom stereocenters. The van der Waals surface area contributed by atoms with Gasteiger partial charge in [-0.3, -0.25) is 0 Å². The molecule has 2 atom stereocenters. The van der Waals surface area contributed by atoms with E-state index in [4.69, 9.17) is 0 Å². The predicted molar refractivity (Wildman–Crippen MR) is 55.9 cm³/mol. The van der Waals surface area contributed by atoms with E-state index in [1.165, 1.54) is 0 Å². The van der Waals surface area contributed by atoms with Crippen LogP contribution in [-0.2, 0) is 0 Å². The molecule has 0 saturated heterocycles. The van der Waals surface area contributed by atoms with Crippen LogP contribution in [0.15, 0.2) is 11.9 Å². The summed E-state index contributed by atoms with van der Waals surface area (Å²) in [7, 11) is 0. The van der Waals surface area contributed by atoms with Crippen molar-refractivity contribution in [3.05, 3.63) is 11.9 Å². The molecule has 0 fully saturated rings. The van der Waals surface area contributed by atoms with Crippen molar-refractivity contribution in [2.75, 3.05) is 0 Å². The monoisotopic (exact) mass is 532 g/mol. The van der Waals surface area contributed by atoms with Crippen LogP contribution in [0.2, 0.25) is 0 Å². The SMILES string of the molecule is FC(F)=C(F)C(F)(C(F)(F)F)C(F)(F)C(F)(F)C(F)(F)C(F)(F)C(F)(F)C(F)C(F)(F)F. The predicted octanol–water partition coefficient (Wildman–Crippen LogP) is 7.41. The van der Waals surface area contributed by atoms with E-state index in [2.05, 4.69) is 0 Å². The van der Waals surface area contributed by atoms with E-state index < -0.39 is 65.7 Å². The van der Waals surface area contributed by atoms with Crippen molar-refractivity contribution in [3.63, 3.8) is 0 Å². The van der Waals surface area contributed by atoms with Gasteiger partial charge < -0.3 is 0 Å². The Hall–Kier alpha value is -1.73. The van der Waals surface area contributed by atoms with Crippen LogP contribution in [0, 0.1) is 0 Å². The summed E-state index contributed by atoms with van der Waals surface area (Å²) in [6.45, 7) is 0. The van der Waals surface area contributed by atoms with E-state index in [0.717, 1.165) is 0 Å². The molecule has 21 heteroatoms. The van der Waals surface area contributed by atoms with Gasteiger partial charge in [0.25, 0.3) is 6.17 Å². The van der Waals surface area contributed by atoms with Crippen LogP contribution in [0.1, 0.15) is 0 Å². The topological polar surface area (TPSA) is 0 Å². The van der Waals surface area contributed by atoms with Crippen LogP contribution >= 0.6 is 0 Å². The van der Waals surface area contributed by atoms with E-state index in [-0.39, 0.29) is 0 Å². The third kappa shape index (κ3) is 3.81. The van der Waals surface area contributed by atoms with Crippen molar-refractivity contribution in [2.24, 2.45) is 0 Å². The normalized spacial score (nSPS) is 18.3. The Morgan fingerprint density at radius 1 is 0.469 bits per heavy atom. The van der Waals surface area contributed by atoms with Gasteiger partial charge in [0.1, 0.15) is 0 Å². The minimum atomic E-state index is -9.03. The summed E-state index contributed by atoms with van der Waals surface area (Å²) in [6.07, 6.45) is -26.9. The minimum Gasteiger partial charge on any atom is -0.230 e. The van der Waals surface area contributed by atoms with Crippen LogP contribution in [0.4, 0.5) is 92.2 Å². The fourth-order valence-corrected chi connectivity index (χ4v) is 1.76. The van der Waals surface area contributed by atoms with Crippen LogP contribution in [0.5, 0.6) is 0 Å². The van der Waals surface area contributed by atoms with E-state index in [1.54, 1.807) is 0 Å². The quantitative estimate of drug-likeness (QED) is 0.300. The van der Waals surface area contributed by atoms with Gasteiger partial charge in [-0.15, -0.1) is 0 Å². The third-order valence-corrected chi connectivity index (χ3v) is 3.50. The highest BCUT2D eigenvalue weighted by Crippen LogP contribution is 2.64. The van der Waals surface area contributed by atoms with Crippen LogP contribution in [0.3, 0.4) is 0 Å². The average Bonchev–Trinajstić information content (AvgIpc) is 2.56. The second-order valence-corrected chi connectivity index (χ2v) is 5.56. The standard InChI is InChI=1S/C11HF21/c12-1(2(13)14)4(16,11(30,31)32)7(22,23)9(26,27)10(28,29)8(24,25)5(17,18)3(15)6(19,20)21/h3H. The molecule has 192 valence electrons. The Balaban J connectivity index is 7.15. The first-order valence-corrected chi connectivity index (χ1v) is 6.58. The van der Waals surface area contributed by atoms with E-state index in [1.807, 2.05) is 0 Å². The molecule has 0 aromatic heterocycles. The molecule has 0 bridgehead atoms. The van der Waals surface area contributed by atoms with Gasteiger partial charge in [0.15, 0.2) is 0 Å². The van der Waals surface area contributed by atoms with Crippen LogP contribution in [-0.4, -0.2) is 53.8 Å². The summed E-state index contributed by atoms with van der Waals surface area (Å²) >= 11 is 0. The highest BCUT2D eigenvalue weighted by molar-refractivity contribution is 5.26.